The third-order valence-electron chi connectivity index (χ3n) is 4.07. The summed E-state index contributed by atoms with van der Waals surface area (Å²) in [5.41, 5.74) is 5.69. The van der Waals surface area contributed by atoms with Crippen LogP contribution in [0, 0.1) is 0 Å². The van der Waals surface area contributed by atoms with E-state index in [1.165, 1.54) is 64.2 Å². The van der Waals surface area contributed by atoms with E-state index < -0.39 is 0 Å². The molecule has 0 aromatic rings. The molecular weight excluding hydrogens is 234 g/mol. The summed E-state index contributed by atoms with van der Waals surface area (Å²) in [7, 11) is 0. The third-order valence-corrected chi connectivity index (χ3v) is 4.07. The minimum Gasteiger partial charge on any atom is -0.374 e. The molecule has 0 saturated carbocycles. The topological polar surface area (TPSA) is 35.2 Å². The van der Waals surface area contributed by atoms with Crippen molar-refractivity contribution in [1.29, 1.82) is 0 Å². The lowest BCUT2D eigenvalue weighted by Crippen LogP contribution is -2.43. The van der Waals surface area contributed by atoms with Gasteiger partial charge in [0.05, 0.1) is 5.60 Å². The number of ether oxygens (including phenoxy) is 1. The van der Waals surface area contributed by atoms with Crippen molar-refractivity contribution in [3.05, 3.63) is 0 Å². The molecule has 2 heteroatoms. The van der Waals surface area contributed by atoms with Crippen molar-refractivity contribution >= 4 is 0 Å². The molecule has 0 bridgehead atoms. The summed E-state index contributed by atoms with van der Waals surface area (Å²) >= 11 is 0. The summed E-state index contributed by atoms with van der Waals surface area (Å²) in [5, 5.41) is 0. The SMILES string of the molecule is CCCCCCCCCCCCOC(C)(C)C(C)N. The standard InChI is InChI=1S/C17H37NO/c1-5-6-7-8-9-10-11-12-13-14-15-19-17(3,4)16(2)18/h16H,5-15,18H2,1-4H3. The van der Waals surface area contributed by atoms with Gasteiger partial charge in [0, 0.05) is 12.6 Å². The first kappa shape index (κ1) is 18.9. The lowest BCUT2D eigenvalue weighted by atomic mass is 10.0. The molecule has 0 heterocycles. The Kier molecular flexibility index (Phi) is 11.7. The van der Waals surface area contributed by atoms with Crippen LogP contribution in [0.4, 0.5) is 0 Å². The van der Waals surface area contributed by atoms with Crippen LogP contribution in [-0.4, -0.2) is 18.2 Å². The molecule has 1 unspecified atom stereocenters. The summed E-state index contributed by atoms with van der Waals surface area (Å²) in [4.78, 5) is 0. The largest absolute Gasteiger partial charge is 0.374 e. The summed E-state index contributed by atoms with van der Waals surface area (Å²) < 4.78 is 5.84. The van der Waals surface area contributed by atoms with E-state index in [2.05, 4.69) is 20.8 Å². The van der Waals surface area contributed by atoms with Crippen LogP contribution in [0.3, 0.4) is 0 Å². The molecule has 0 aliphatic carbocycles. The average molecular weight is 271 g/mol. The Labute approximate surface area is 121 Å². The van der Waals surface area contributed by atoms with Gasteiger partial charge in [-0.3, -0.25) is 0 Å². The van der Waals surface area contributed by atoms with Crippen molar-refractivity contribution in [2.75, 3.05) is 6.61 Å². The highest BCUT2D eigenvalue weighted by Crippen LogP contribution is 2.15. The van der Waals surface area contributed by atoms with Crippen molar-refractivity contribution in [3.63, 3.8) is 0 Å². The van der Waals surface area contributed by atoms with Gasteiger partial charge >= 0.3 is 0 Å². The molecule has 0 aliphatic rings. The number of unbranched alkanes of at least 4 members (excludes halogenated alkanes) is 9. The van der Waals surface area contributed by atoms with Crippen LogP contribution >= 0.6 is 0 Å². The number of rotatable bonds is 13. The van der Waals surface area contributed by atoms with E-state index in [1.54, 1.807) is 0 Å². The Morgan fingerprint density at radius 2 is 1.26 bits per heavy atom. The van der Waals surface area contributed by atoms with Crippen molar-refractivity contribution in [1.82, 2.24) is 0 Å². The molecule has 116 valence electrons. The van der Waals surface area contributed by atoms with Gasteiger partial charge in [0.15, 0.2) is 0 Å². The average Bonchev–Trinajstić information content (AvgIpc) is 2.35. The molecule has 19 heavy (non-hydrogen) atoms. The second-order valence-electron chi connectivity index (χ2n) is 6.42. The van der Waals surface area contributed by atoms with Crippen LogP contribution in [0.5, 0.6) is 0 Å². The lowest BCUT2D eigenvalue weighted by molar-refractivity contribution is -0.0333. The zero-order chi connectivity index (χ0) is 14.6. The van der Waals surface area contributed by atoms with Gasteiger partial charge in [-0.2, -0.15) is 0 Å². The Bertz CT molecular complexity index is 190. The van der Waals surface area contributed by atoms with Gasteiger partial charge in [-0.1, -0.05) is 64.7 Å². The van der Waals surface area contributed by atoms with E-state index >= 15 is 0 Å². The number of hydrogen-bond acceptors (Lipinski definition) is 2. The van der Waals surface area contributed by atoms with E-state index in [0.717, 1.165) is 6.61 Å². The van der Waals surface area contributed by atoms with E-state index in [0.29, 0.717) is 0 Å². The van der Waals surface area contributed by atoms with E-state index in [4.69, 9.17) is 10.5 Å². The molecule has 1 atom stereocenters. The quantitative estimate of drug-likeness (QED) is 0.476. The third kappa shape index (κ3) is 11.4. The maximum Gasteiger partial charge on any atom is 0.0773 e. The molecule has 0 fully saturated rings. The zero-order valence-electron chi connectivity index (χ0n) is 13.8. The Morgan fingerprint density at radius 1 is 0.842 bits per heavy atom. The summed E-state index contributed by atoms with van der Waals surface area (Å²) in [5.74, 6) is 0. The van der Waals surface area contributed by atoms with E-state index in [1.807, 2.05) is 6.92 Å². The first-order chi connectivity index (χ1) is 9.00. The fourth-order valence-electron chi connectivity index (χ4n) is 2.06. The zero-order valence-corrected chi connectivity index (χ0v) is 13.8. The first-order valence-electron chi connectivity index (χ1n) is 8.40. The van der Waals surface area contributed by atoms with Gasteiger partial charge in [-0.15, -0.1) is 0 Å². The van der Waals surface area contributed by atoms with Crippen molar-refractivity contribution < 1.29 is 4.74 Å². The minimum atomic E-state index is -0.181. The Balaban J connectivity index is 3.19. The van der Waals surface area contributed by atoms with Gasteiger partial charge in [0.25, 0.3) is 0 Å². The predicted molar refractivity (Wildman–Crippen MR) is 85.5 cm³/mol. The maximum atomic E-state index is 5.88. The highest BCUT2D eigenvalue weighted by molar-refractivity contribution is 4.78. The second kappa shape index (κ2) is 11.7. The first-order valence-corrected chi connectivity index (χ1v) is 8.40. The van der Waals surface area contributed by atoms with Gasteiger partial charge in [-0.05, 0) is 27.2 Å². The van der Waals surface area contributed by atoms with Crippen molar-refractivity contribution in [2.45, 2.75) is 104 Å². The highest BCUT2D eigenvalue weighted by Gasteiger charge is 2.22. The molecule has 0 spiro atoms. The molecule has 0 aliphatic heterocycles. The summed E-state index contributed by atoms with van der Waals surface area (Å²) in [6, 6.07) is 0.0932. The number of nitrogens with two attached hydrogens (primary N) is 1. The summed E-state index contributed by atoms with van der Waals surface area (Å²) in [6.07, 6.45) is 13.7. The summed E-state index contributed by atoms with van der Waals surface area (Å²) in [6.45, 7) is 9.29. The van der Waals surface area contributed by atoms with Gasteiger partial charge in [0.1, 0.15) is 0 Å². The molecule has 0 saturated heterocycles. The second-order valence-corrected chi connectivity index (χ2v) is 6.42. The van der Waals surface area contributed by atoms with Crippen LogP contribution < -0.4 is 5.73 Å². The minimum absolute atomic E-state index is 0.0932. The molecule has 0 aromatic heterocycles. The Morgan fingerprint density at radius 3 is 1.68 bits per heavy atom. The van der Waals surface area contributed by atoms with Crippen LogP contribution in [0.2, 0.25) is 0 Å². The van der Waals surface area contributed by atoms with E-state index in [-0.39, 0.29) is 11.6 Å². The highest BCUT2D eigenvalue weighted by atomic mass is 16.5. The fourth-order valence-corrected chi connectivity index (χ4v) is 2.06. The maximum absolute atomic E-state index is 5.88. The van der Waals surface area contributed by atoms with Gasteiger partial charge in [-0.25, -0.2) is 0 Å². The van der Waals surface area contributed by atoms with Crippen molar-refractivity contribution in [2.24, 2.45) is 5.73 Å². The van der Waals surface area contributed by atoms with Crippen LogP contribution in [0.1, 0.15) is 91.9 Å². The molecule has 0 rings (SSSR count). The molecule has 2 nitrogen and oxygen atoms in total. The molecule has 2 N–H and O–H groups in total. The Hall–Kier alpha value is -0.0800. The van der Waals surface area contributed by atoms with Crippen LogP contribution in [0.25, 0.3) is 0 Å². The molecular formula is C17H37NO. The molecule has 0 aromatic carbocycles. The predicted octanol–water partition coefficient (Wildman–Crippen LogP) is 5.05. The van der Waals surface area contributed by atoms with E-state index in [9.17, 15) is 0 Å². The molecule has 0 amide bonds. The van der Waals surface area contributed by atoms with Crippen LogP contribution in [0.15, 0.2) is 0 Å². The number of hydrogen-bond donors (Lipinski definition) is 1. The van der Waals surface area contributed by atoms with Crippen molar-refractivity contribution in [3.8, 4) is 0 Å². The molecule has 0 radical (unpaired) electrons. The van der Waals surface area contributed by atoms with Gasteiger partial charge < -0.3 is 10.5 Å². The normalized spacial score (nSPS) is 13.7. The monoisotopic (exact) mass is 271 g/mol. The smallest absolute Gasteiger partial charge is 0.0773 e. The fraction of sp³-hybridized carbons (Fsp3) is 1.00. The van der Waals surface area contributed by atoms with Crippen LogP contribution in [-0.2, 0) is 4.74 Å². The van der Waals surface area contributed by atoms with Gasteiger partial charge in [0.2, 0.25) is 0 Å². The lowest BCUT2D eigenvalue weighted by Gasteiger charge is -2.29.